The van der Waals surface area contributed by atoms with Crippen LogP contribution in [-0.2, 0) is 19.6 Å². The van der Waals surface area contributed by atoms with Crippen molar-refractivity contribution in [3.8, 4) is 0 Å². The molecule has 27 heavy (non-hydrogen) atoms. The van der Waals surface area contributed by atoms with Gasteiger partial charge in [0.2, 0.25) is 0 Å². The van der Waals surface area contributed by atoms with Crippen molar-refractivity contribution in [3.63, 3.8) is 0 Å². The monoisotopic (exact) mass is 431 g/mol. The van der Waals surface area contributed by atoms with E-state index in [0.717, 1.165) is 19.6 Å². The summed E-state index contributed by atoms with van der Waals surface area (Å²) in [5, 5.41) is 0. The Morgan fingerprint density at radius 2 is 1.30 bits per heavy atom. The molecule has 0 amide bonds. The van der Waals surface area contributed by atoms with Crippen molar-refractivity contribution in [3.05, 3.63) is 107 Å². The quantitative estimate of drug-likeness (QED) is 0.409. The minimum atomic E-state index is 0. The summed E-state index contributed by atoms with van der Waals surface area (Å²) in [5.74, 6) is 0.546. The van der Waals surface area contributed by atoms with E-state index in [2.05, 4.69) is 104 Å². The Balaban J connectivity index is 0.00000182. The van der Waals surface area contributed by atoms with Gasteiger partial charge in [-0.15, -0.1) is 5.56 Å². The molecular weight excluding hydrogens is 406 g/mol. The van der Waals surface area contributed by atoms with Crippen LogP contribution in [0.15, 0.2) is 78.9 Å². The number of hydrogen-bond acceptors (Lipinski definition) is 1. The first-order valence-corrected chi connectivity index (χ1v) is 9.01. The van der Waals surface area contributed by atoms with Crippen molar-refractivity contribution in [2.45, 2.75) is 39.4 Å². The van der Waals surface area contributed by atoms with Gasteiger partial charge in [-0.1, -0.05) is 74.5 Å². The fourth-order valence-electron chi connectivity index (χ4n) is 3.08. The van der Waals surface area contributed by atoms with Crippen molar-refractivity contribution >= 4 is 23.1 Å². The standard InChI is InChI=1S/C24H26N.BrH.Mg/c1-20(2)24-15-9-14-23(16-24)19-25(17-21-10-5-3-6-11-21)18-22-12-7-4-8-13-22;;/h3-13,15-16,20H,17-19H2,1-2H3;1H;/q-1;;+2/p-1. The predicted octanol–water partition coefficient (Wildman–Crippen LogP) is 2.44. The van der Waals surface area contributed by atoms with E-state index in [0.29, 0.717) is 5.92 Å². The number of nitrogens with zero attached hydrogens (tertiary/aromatic N) is 1. The Morgan fingerprint density at radius 1 is 0.778 bits per heavy atom. The molecule has 0 saturated heterocycles. The van der Waals surface area contributed by atoms with Crippen molar-refractivity contribution < 1.29 is 17.0 Å². The SMILES string of the molecule is CC(C)c1cc[c-]c(CN(Cc2ccccc2)Cc2ccccc2)c1.[Br-].[Mg+2]. The second kappa shape index (κ2) is 12.3. The summed E-state index contributed by atoms with van der Waals surface area (Å²) < 4.78 is 0. The van der Waals surface area contributed by atoms with E-state index in [-0.39, 0.29) is 40.0 Å². The molecule has 0 spiro atoms. The molecule has 0 radical (unpaired) electrons. The molecule has 0 heterocycles. The van der Waals surface area contributed by atoms with Crippen LogP contribution in [0.3, 0.4) is 0 Å². The van der Waals surface area contributed by atoms with Gasteiger partial charge in [0.15, 0.2) is 0 Å². The van der Waals surface area contributed by atoms with Gasteiger partial charge in [-0.2, -0.15) is 29.8 Å². The molecule has 1 nitrogen and oxygen atoms in total. The summed E-state index contributed by atoms with van der Waals surface area (Å²) in [4.78, 5) is 2.49. The minimum Gasteiger partial charge on any atom is -1.00 e. The number of benzene rings is 3. The maximum absolute atomic E-state index is 3.42. The molecule has 136 valence electrons. The Morgan fingerprint density at radius 3 is 1.78 bits per heavy atom. The molecular formula is C24H26BrMgN. The van der Waals surface area contributed by atoms with E-state index in [1.807, 2.05) is 0 Å². The second-order valence-electron chi connectivity index (χ2n) is 6.92. The molecule has 0 bridgehead atoms. The van der Waals surface area contributed by atoms with Crippen molar-refractivity contribution in [1.29, 1.82) is 0 Å². The van der Waals surface area contributed by atoms with Gasteiger partial charge in [-0.25, -0.2) is 0 Å². The third-order valence-electron chi connectivity index (χ3n) is 4.44. The van der Waals surface area contributed by atoms with E-state index in [1.165, 1.54) is 22.3 Å². The van der Waals surface area contributed by atoms with Gasteiger partial charge < -0.3 is 17.0 Å². The van der Waals surface area contributed by atoms with Gasteiger partial charge in [0.25, 0.3) is 0 Å². The van der Waals surface area contributed by atoms with Crippen LogP contribution in [0.25, 0.3) is 0 Å². The molecule has 3 rings (SSSR count). The van der Waals surface area contributed by atoms with Crippen LogP contribution in [0.5, 0.6) is 0 Å². The molecule has 0 unspecified atom stereocenters. The molecule has 0 N–H and O–H groups in total. The molecule has 0 saturated carbocycles. The summed E-state index contributed by atoms with van der Waals surface area (Å²) in [7, 11) is 0. The van der Waals surface area contributed by atoms with Gasteiger partial charge in [-0.3, -0.25) is 4.90 Å². The van der Waals surface area contributed by atoms with Gasteiger partial charge in [0, 0.05) is 19.6 Å². The largest absolute Gasteiger partial charge is 2.00 e. The molecule has 3 aromatic rings. The fourth-order valence-corrected chi connectivity index (χ4v) is 3.08. The Labute approximate surface area is 190 Å². The van der Waals surface area contributed by atoms with Crippen LogP contribution in [0.2, 0.25) is 0 Å². The smallest absolute Gasteiger partial charge is 1.00 e. The van der Waals surface area contributed by atoms with E-state index >= 15 is 0 Å². The summed E-state index contributed by atoms with van der Waals surface area (Å²) in [6.45, 7) is 7.27. The van der Waals surface area contributed by atoms with Crippen molar-refractivity contribution in [1.82, 2.24) is 4.90 Å². The Kier molecular flexibility index (Phi) is 10.9. The molecule has 0 fully saturated rings. The first-order chi connectivity index (χ1) is 12.2. The predicted molar refractivity (Wildman–Crippen MR) is 111 cm³/mol. The van der Waals surface area contributed by atoms with Gasteiger partial charge >= 0.3 is 23.1 Å². The van der Waals surface area contributed by atoms with Crippen molar-refractivity contribution in [2.24, 2.45) is 0 Å². The van der Waals surface area contributed by atoms with Crippen molar-refractivity contribution in [2.75, 3.05) is 0 Å². The van der Waals surface area contributed by atoms with E-state index in [9.17, 15) is 0 Å². The zero-order valence-electron chi connectivity index (χ0n) is 16.2. The van der Waals surface area contributed by atoms with Gasteiger partial charge in [-0.05, 0) is 17.0 Å². The molecule has 3 aromatic carbocycles. The summed E-state index contributed by atoms with van der Waals surface area (Å²) >= 11 is 0. The molecule has 0 aliphatic carbocycles. The second-order valence-corrected chi connectivity index (χ2v) is 6.92. The van der Waals surface area contributed by atoms with Crippen LogP contribution in [0, 0.1) is 6.07 Å². The van der Waals surface area contributed by atoms with Gasteiger partial charge in [0.1, 0.15) is 0 Å². The number of halogens is 1. The fraction of sp³-hybridized carbons (Fsp3) is 0.250. The Hall–Kier alpha value is -1.13. The number of rotatable bonds is 7. The maximum atomic E-state index is 3.42. The van der Waals surface area contributed by atoms with Crippen LogP contribution in [-0.4, -0.2) is 28.0 Å². The van der Waals surface area contributed by atoms with Crippen LogP contribution >= 0.6 is 0 Å². The third kappa shape index (κ3) is 7.79. The summed E-state index contributed by atoms with van der Waals surface area (Å²) in [6.07, 6.45) is 0. The van der Waals surface area contributed by atoms with E-state index in [1.54, 1.807) is 0 Å². The summed E-state index contributed by atoms with van der Waals surface area (Å²) in [6, 6.07) is 31.4. The Bertz CT molecular complexity index is 733. The van der Waals surface area contributed by atoms with E-state index in [4.69, 9.17) is 0 Å². The normalized spacial score (nSPS) is 10.4. The molecule has 3 heteroatoms. The maximum Gasteiger partial charge on any atom is 2.00 e. The third-order valence-corrected chi connectivity index (χ3v) is 4.44. The number of hydrogen-bond donors (Lipinski definition) is 0. The van der Waals surface area contributed by atoms with Gasteiger partial charge in [0.05, 0.1) is 0 Å². The molecule has 0 aliphatic rings. The zero-order chi connectivity index (χ0) is 17.5. The summed E-state index contributed by atoms with van der Waals surface area (Å²) in [5.41, 5.74) is 5.34. The molecule has 0 aliphatic heterocycles. The molecule has 0 atom stereocenters. The average molecular weight is 433 g/mol. The van der Waals surface area contributed by atoms with Crippen LogP contribution in [0.4, 0.5) is 0 Å². The minimum absolute atomic E-state index is 0. The topological polar surface area (TPSA) is 3.24 Å². The first-order valence-electron chi connectivity index (χ1n) is 9.01. The first kappa shape index (κ1) is 23.9. The van der Waals surface area contributed by atoms with E-state index < -0.39 is 0 Å². The van der Waals surface area contributed by atoms with Crippen LogP contribution < -0.4 is 17.0 Å². The molecule has 0 aromatic heterocycles. The van der Waals surface area contributed by atoms with Crippen LogP contribution in [0.1, 0.15) is 42.0 Å². The zero-order valence-corrected chi connectivity index (χ0v) is 19.2. The average Bonchev–Trinajstić information content (AvgIpc) is 2.63.